The molecule has 0 spiro atoms. The van der Waals surface area contributed by atoms with E-state index < -0.39 is 21.7 Å². The third-order valence-electron chi connectivity index (χ3n) is 6.13. The van der Waals surface area contributed by atoms with Crippen LogP contribution in [0.2, 0.25) is 0 Å². The number of amides is 1. The summed E-state index contributed by atoms with van der Waals surface area (Å²) >= 11 is 0. The molecule has 9 heteroatoms. The fraction of sp³-hybridized carbons (Fsp3) is 0.269. The van der Waals surface area contributed by atoms with Gasteiger partial charge in [-0.05, 0) is 61.4 Å². The second kappa shape index (κ2) is 10.1. The van der Waals surface area contributed by atoms with Crippen LogP contribution < -0.4 is 15.0 Å². The first-order valence-electron chi connectivity index (χ1n) is 11.3. The summed E-state index contributed by atoms with van der Waals surface area (Å²) in [7, 11) is -2.32. The standard InChI is InChI=1S/C26H28FN3O4S/c1-18-8-9-19(2)23(16-18)28-26(31)21-17-20(10-11-22(21)27)35(32,33)30-14-12-29(13-15-30)24-6-4-5-7-25(24)34-3/h4-11,16-17H,12-15H2,1-3H3,(H,28,31). The molecule has 7 nitrogen and oxygen atoms in total. The summed E-state index contributed by atoms with van der Waals surface area (Å²) in [6.07, 6.45) is 0. The van der Waals surface area contributed by atoms with Crippen LogP contribution in [0.5, 0.6) is 5.75 Å². The molecular weight excluding hydrogens is 469 g/mol. The lowest BCUT2D eigenvalue weighted by molar-refractivity contribution is 0.102. The average molecular weight is 498 g/mol. The number of carbonyl (C=O) groups is 1. The van der Waals surface area contributed by atoms with Crippen molar-refractivity contribution in [3.63, 3.8) is 0 Å². The molecule has 0 unspecified atom stereocenters. The number of hydrogen-bond acceptors (Lipinski definition) is 5. The Morgan fingerprint density at radius 2 is 1.69 bits per heavy atom. The van der Waals surface area contributed by atoms with Crippen molar-refractivity contribution in [2.75, 3.05) is 43.5 Å². The largest absolute Gasteiger partial charge is 0.495 e. The number of carbonyl (C=O) groups excluding carboxylic acids is 1. The van der Waals surface area contributed by atoms with Gasteiger partial charge < -0.3 is 15.0 Å². The van der Waals surface area contributed by atoms with Crippen molar-refractivity contribution in [3.05, 3.63) is 83.2 Å². The van der Waals surface area contributed by atoms with Gasteiger partial charge in [0.25, 0.3) is 5.91 Å². The first-order chi connectivity index (χ1) is 16.7. The number of benzene rings is 3. The van der Waals surface area contributed by atoms with Crippen molar-refractivity contribution in [2.45, 2.75) is 18.7 Å². The van der Waals surface area contributed by atoms with Crippen molar-refractivity contribution >= 4 is 27.3 Å². The van der Waals surface area contributed by atoms with Crippen molar-refractivity contribution < 1.29 is 22.3 Å². The molecule has 0 bridgehead atoms. The summed E-state index contributed by atoms with van der Waals surface area (Å²) in [6, 6.07) is 16.5. The number of hydrogen-bond donors (Lipinski definition) is 1. The Morgan fingerprint density at radius 3 is 2.40 bits per heavy atom. The van der Waals surface area contributed by atoms with Gasteiger partial charge in [-0.25, -0.2) is 12.8 Å². The van der Waals surface area contributed by atoms with Crippen molar-refractivity contribution in [2.24, 2.45) is 0 Å². The molecule has 4 rings (SSSR count). The number of nitrogens with zero attached hydrogens (tertiary/aromatic N) is 2. The maximum absolute atomic E-state index is 14.6. The number of ether oxygens (including phenoxy) is 1. The van der Waals surface area contributed by atoms with Crippen LogP contribution in [0, 0.1) is 19.7 Å². The van der Waals surface area contributed by atoms with Gasteiger partial charge in [-0.15, -0.1) is 0 Å². The Balaban J connectivity index is 1.52. The van der Waals surface area contributed by atoms with Crippen LogP contribution in [-0.4, -0.2) is 51.9 Å². The fourth-order valence-electron chi connectivity index (χ4n) is 4.11. The molecular formula is C26H28FN3O4S. The van der Waals surface area contributed by atoms with Gasteiger partial charge in [-0.1, -0.05) is 24.3 Å². The third kappa shape index (κ3) is 5.16. The predicted octanol–water partition coefficient (Wildman–Crippen LogP) is 4.21. The topological polar surface area (TPSA) is 79.0 Å². The molecule has 1 heterocycles. The third-order valence-corrected chi connectivity index (χ3v) is 8.02. The number of nitrogens with one attached hydrogen (secondary N) is 1. The highest BCUT2D eigenvalue weighted by Gasteiger charge is 2.30. The highest BCUT2D eigenvalue weighted by atomic mass is 32.2. The zero-order valence-corrected chi connectivity index (χ0v) is 20.7. The zero-order valence-electron chi connectivity index (χ0n) is 19.9. The number of sulfonamides is 1. The molecule has 0 aromatic heterocycles. The Labute approximate surface area is 205 Å². The molecule has 0 radical (unpaired) electrons. The summed E-state index contributed by atoms with van der Waals surface area (Å²) in [4.78, 5) is 14.8. The SMILES string of the molecule is COc1ccccc1N1CCN(S(=O)(=O)c2ccc(F)c(C(=O)Nc3cc(C)ccc3C)c2)CC1. The van der Waals surface area contributed by atoms with Crippen LogP contribution in [0.3, 0.4) is 0 Å². The molecule has 1 aliphatic heterocycles. The fourth-order valence-corrected chi connectivity index (χ4v) is 5.56. The first-order valence-corrected chi connectivity index (χ1v) is 12.7. The van der Waals surface area contributed by atoms with E-state index in [0.29, 0.717) is 18.8 Å². The maximum Gasteiger partial charge on any atom is 0.258 e. The highest BCUT2D eigenvalue weighted by Crippen LogP contribution is 2.29. The van der Waals surface area contributed by atoms with Crippen molar-refractivity contribution in [1.29, 1.82) is 0 Å². The molecule has 35 heavy (non-hydrogen) atoms. The molecule has 1 N–H and O–H groups in total. The van der Waals surface area contributed by atoms with Gasteiger partial charge in [0.15, 0.2) is 0 Å². The number of anilines is 2. The lowest BCUT2D eigenvalue weighted by Crippen LogP contribution is -2.48. The molecule has 1 saturated heterocycles. The van der Waals surface area contributed by atoms with E-state index in [9.17, 15) is 17.6 Å². The maximum atomic E-state index is 14.6. The van der Waals surface area contributed by atoms with Gasteiger partial charge in [0, 0.05) is 31.9 Å². The quantitative estimate of drug-likeness (QED) is 0.552. The van der Waals surface area contributed by atoms with E-state index in [1.165, 1.54) is 10.4 Å². The van der Waals surface area contributed by atoms with Crippen LogP contribution in [0.1, 0.15) is 21.5 Å². The first kappa shape index (κ1) is 24.7. The Bertz CT molecular complexity index is 1350. The predicted molar refractivity (Wildman–Crippen MR) is 134 cm³/mol. The van der Waals surface area contributed by atoms with E-state index in [1.807, 2.05) is 50.2 Å². The number of piperazine rings is 1. The van der Waals surface area contributed by atoms with Gasteiger partial charge in [0.05, 0.1) is 23.3 Å². The minimum Gasteiger partial charge on any atom is -0.495 e. The van der Waals surface area contributed by atoms with Gasteiger partial charge in [-0.2, -0.15) is 4.31 Å². The molecule has 1 fully saturated rings. The van der Waals surface area contributed by atoms with Crippen molar-refractivity contribution in [3.8, 4) is 5.75 Å². The van der Waals surface area contributed by atoms with Crippen LogP contribution in [-0.2, 0) is 10.0 Å². The van der Waals surface area contributed by atoms with E-state index in [-0.39, 0.29) is 23.5 Å². The van der Waals surface area contributed by atoms with Crippen LogP contribution in [0.4, 0.5) is 15.8 Å². The van der Waals surface area contributed by atoms with Crippen LogP contribution in [0.15, 0.2) is 65.6 Å². The van der Waals surface area contributed by atoms with E-state index in [1.54, 1.807) is 13.2 Å². The summed E-state index contributed by atoms with van der Waals surface area (Å²) in [5.41, 5.74) is 2.89. The minimum absolute atomic E-state index is 0.115. The molecule has 0 saturated carbocycles. The van der Waals surface area contributed by atoms with Crippen LogP contribution in [0.25, 0.3) is 0 Å². The number of aryl methyl sites for hydroxylation is 2. The van der Waals surface area contributed by atoms with Gasteiger partial charge in [0.2, 0.25) is 10.0 Å². The van der Waals surface area contributed by atoms with Gasteiger partial charge >= 0.3 is 0 Å². The Kier molecular flexibility index (Phi) is 7.09. The summed E-state index contributed by atoms with van der Waals surface area (Å²) in [5, 5.41) is 2.70. The molecule has 0 atom stereocenters. The smallest absolute Gasteiger partial charge is 0.258 e. The van der Waals surface area contributed by atoms with Crippen molar-refractivity contribution in [1.82, 2.24) is 4.31 Å². The average Bonchev–Trinajstić information content (AvgIpc) is 2.86. The van der Waals surface area contributed by atoms with Crippen LogP contribution >= 0.6 is 0 Å². The summed E-state index contributed by atoms with van der Waals surface area (Å²) < 4.78 is 48.0. The lowest BCUT2D eigenvalue weighted by Gasteiger charge is -2.36. The molecule has 3 aromatic carbocycles. The number of rotatable bonds is 6. The molecule has 1 amide bonds. The second-order valence-corrected chi connectivity index (χ2v) is 10.4. The zero-order chi connectivity index (χ0) is 25.2. The normalized spacial score (nSPS) is 14.6. The summed E-state index contributed by atoms with van der Waals surface area (Å²) in [5.74, 6) is -0.760. The Hall–Kier alpha value is -3.43. The minimum atomic E-state index is -3.92. The molecule has 184 valence electrons. The summed E-state index contributed by atoms with van der Waals surface area (Å²) in [6.45, 7) is 5.17. The number of halogens is 1. The highest BCUT2D eigenvalue weighted by molar-refractivity contribution is 7.89. The Morgan fingerprint density at radius 1 is 0.971 bits per heavy atom. The monoisotopic (exact) mass is 497 g/mol. The molecule has 3 aromatic rings. The van der Waals surface area contributed by atoms with Gasteiger partial charge in [-0.3, -0.25) is 4.79 Å². The van der Waals surface area contributed by atoms with Gasteiger partial charge in [0.1, 0.15) is 11.6 Å². The van der Waals surface area contributed by atoms with E-state index in [4.69, 9.17) is 4.74 Å². The van der Waals surface area contributed by atoms with E-state index in [2.05, 4.69) is 10.2 Å². The van der Waals surface area contributed by atoms with E-state index in [0.717, 1.165) is 34.7 Å². The van der Waals surface area contributed by atoms with E-state index >= 15 is 0 Å². The number of methoxy groups -OCH3 is 1. The molecule has 1 aliphatic rings. The molecule has 0 aliphatic carbocycles. The number of para-hydroxylation sites is 2. The lowest BCUT2D eigenvalue weighted by atomic mass is 10.1. The second-order valence-electron chi connectivity index (χ2n) is 8.48.